The maximum Gasteiger partial charge on any atom is 0.235 e. The average molecular weight is 361 g/mol. The third kappa shape index (κ3) is 3.26. The Labute approximate surface area is 159 Å². The molecule has 0 bridgehead atoms. The molecule has 1 heterocycles. The van der Waals surface area contributed by atoms with Crippen LogP contribution >= 0.6 is 0 Å². The molecule has 2 aromatic carbocycles. The third-order valence-corrected chi connectivity index (χ3v) is 5.17. The van der Waals surface area contributed by atoms with Crippen molar-refractivity contribution >= 4 is 11.9 Å². The first-order valence-corrected chi connectivity index (χ1v) is 8.72. The number of aliphatic imine (C=N–C) groups is 1. The van der Waals surface area contributed by atoms with Crippen molar-refractivity contribution in [3.63, 3.8) is 0 Å². The zero-order valence-electron chi connectivity index (χ0n) is 15.8. The lowest BCUT2D eigenvalue weighted by Gasteiger charge is -2.40. The molecule has 2 aromatic rings. The van der Waals surface area contributed by atoms with Crippen molar-refractivity contribution in [2.75, 3.05) is 14.2 Å². The SMILES string of the molecule is C#CCC1C(=O)N(C)C(N)=N[C@]1(C)c1cccc(-c2cccc(OC)c2)c1. The van der Waals surface area contributed by atoms with Gasteiger partial charge in [0.1, 0.15) is 5.75 Å². The number of methoxy groups -OCH3 is 1. The summed E-state index contributed by atoms with van der Waals surface area (Å²) in [5.41, 5.74) is 8.11. The highest BCUT2D eigenvalue weighted by Crippen LogP contribution is 2.40. The number of benzene rings is 2. The van der Waals surface area contributed by atoms with Gasteiger partial charge in [-0.3, -0.25) is 9.69 Å². The first-order chi connectivity index (χ1) is 12.9. The van der Waals surface area contributed by atoms with Crippen LogP contribution in [0.3, 0.4) is 0 Å². The van der Waals surface area contributed by atoms with Crippen molar-refractivity contribution in [2.45, 2.75) is 18.9 Å². The topological polar surface area (TPSA) is 67.9 Å². The van der Waals surface area contributed by atoms with Gasteiger partial charge in [0, 0.05) is 13.5 Å². The van der Waals surface area contributed by atoms with Gasteiger partial charge in [0.25, 0.3) is 0 Å². The molecule has 2 N–H and O–H groups in total. The van der Waals surface area contributed by atoms with Gasteiger partial charge in [-0.15, -0.1) is 12.3 Å². The van der Waals surface area contributed by atoms with Crippen molar-refractivity contribution in [2.24, 2.45) is 16.6 Å². The summed E-state index contributed by atoms with van der Waals surface area (Å²) in [6.45, 7) is 1.91. The molecular weight excluding hydrogens is 338 g/mol. The van der Waals surface area contributed by atoms with Gasteiger partial charge in [0.2, 0.25) is 5.91 Å². The van der Waals surface area contributed by atoms with Crippen LogP contribution in [0.25, 0.3) is 11.1 Å². The Bertz CT molecular complexity index is 945. The minimum atomic E-state index is -0.824. The van der Waals surface area contributed by atoms with Gasteiger partial charge >= 0.3 is 0 Å². The van der Waals surface area contributed by atoms with Gasteiger partial charge in [-0.25, -0.2) is 4.99 Å². The van der Waals surface area contributed by atoms with Crippen LogP contribution in [0, 0.1) is 18.3 Å². The van der Waals surface area contributed by atoms with Crippen molar-refractivity contribution in [3.8, 4) is 29.2 Å². The van der Waals surface area contributed by atoms with Crippen molar-refractivity contribution in [1.82, 2.24) is 4.90 Å². The summed E-state index contributed by atoms with van der Waals surface area (Å²) in [6.07, 6.45) is 5.83. The van der Waals surface area contributed by atoms with E-state index in [9.17, 15) is 4.79 Å². The van der Waals surface area contributed by atoms with Gasteiger partial charge in [-0.2, -0.15) is 0 Å². The quantitative estimate of drug-likeness (QED) is 0.851. The largest absolute Gasteiger partial charge is 0.497 e. The van der Waals surface area contributed by atoms with Gasteiger partial charge in [-0.05, 0) is 41.8 Å². The van der Waals surface area contributed by atoms with E-state index < -0.39 is 11.5 Å². The maximum atomic E-state index is 12.8. The predicted octanol–water partition coefficient (Wildman–Crippen LogP) is 3.00. The predicted molar refractivity (Wildman–Crippen MR) is 107 cm³/mol. The fraction of sp³-hybridized carbons (Fsp3) is 0.273. The molecule has 5 nitrogen and oxygen atoms in total. The number of amides is 1. The standard InChI is InChI=1S/C22H23N3O2/c1-5-8-19-20(26)25(3)21(23)24-22(19,2)17-11-6-9-15(13-17)16-10-7-12-18(14-16)27-4/h1,6-7,9-14,19H,8H2,2-4H3,(H2,23,24)/t19?,22-/m1/s1. The molecule has 1 unspecified atom stereocenters. The van der Waals surface area contributed by atoms with Crippen molar-refractivity contribution < 1.29 is 9.53 Å². The first kappa shape index (κ1) is 18.5. The van der Waals surface area contributed by atoms with Gasteiger partial charge in [0.05, 0.1) is 18.6 Å². The lowest BCUT2D eigenvalue weighted by Crippen LogP contribution is -2.53. The number of terminal acetylenes is 1. The smallest absolute Gasteiger partial charge is 0.235 e. The molecule has 0 fully saturated rings. The van der Waals surface area contributed by atoms with Crippen molar-refractivity contribution in [1.29, 1.82) is 0 Å². The Morgan fingerprint density at radius 3 is 2.59 bits per heavy atom. The number of hydrogen-bond donors (Lipinski definition) is 1. The molecule has 138 valence electrons. The van der Waals surface area contributed by atoms with Crippen LogP contribution < -0.4 is 10.5 Å². The molecule has 0 aromatic heterocycles. The molecule has 5 heteroatoms. The van der Waals surface area contributed by atoms with Crippen LogP contribution in [0.5, 0.6) is 5.75 Å². The number of ether oxygens (including phenoxy) is 1. The lowest BCUT2D eigenvalue weighted by atomic mass is 9.76. The Morgan fingerprint density at radius 1 is 1.26 bits per heavy atom. The highest BCUT2D eigenvalue weighted by Gasteiger charge is 2.45. The van der Waals surface area contributed by atoms with Crippen LogP contribution in [0.15, 0.2) is 53.5 Å². The van der Waals surface area contributed by atoms with Crippen LogP contribution in [0.1, 0.15) is 18.9 Å². The number of carbonyl (C=O) groups is 1. The van der Waals surface area contributed by atoms with E-state index in [0.29, 0.717) is 6.42 Å². The normalized spacial score (nSPS) is 22.1. The Hall–Kier alpha value is -3.26. The molecule has 1 aliphatic heterocycles. The summed E-state index contributed by atoms with van der Waals surface area (Å²) in [7, 11) is 3.26. The maximum absolute atomic E-state index is 12.8. The van der Waals surface area contributed by atoms with E-state index in [1.807, 2.05) is 55.5 Å². The van der Waals surface area contributed by atoms with E-state index in [1.165, 1.54) is 4.90 Å². The number of carbonyl (C=O) groups excluding carboxylic acids is 1. The summed E-state index contributed by atoms with van der Waals surface area (Å²) in [5, 5.41) is 0. The van der Waals surface area contributed by atoms with E-state index in [0.717, 1.165) is 22.4 Å². The summed E-state index contributed by atoms with van der Waals surface area (Å²) in [6, 6.07) is 15.8. The van der Waals surface area contributed by atoms with Gasteiger partial charge in [0.15, 0.2) is 5.96 Å². The Morgan fingerprint density at radius 2 is 1.93 bits per heavy atom. The van der Waals surface area contributed by atoms with E-state index in [-0.39, 0.29) is 11.9 Å². The average Bonchev–Trinajstić information content (AvgIpc) is 2.70. The third-order valence-electron chi connectivity index (χ3n) is 5.17. The van der Waals surface area contributed by atoms with E-state index >= 15 is 0 Å². The molecule has 1 aliphatic rings. The number of rotatable bonds is 4. The second kappa shape index (κ2) is 7.16. The molecular formula is C22H23N3O2. The van der Waals surface area contributed by atoms with Crippen molar-refractivity contribution in [3.05, 3.63) is 54.1 Å². The molecule has 0 saturated heterocycles. The molecule has 1 amide bonds. The van der Waals surface area contributed by atoms with Gasteiger partial charge < -0.3 is 10.5 Å². The van der Waals surface area contributed by atoms with Crippen LogP contribution in [-0.2, 0) is 10.3 Å². The Kier molecular flexibility index (Phi) is 4.91. The van der Waals surface area contributed by atoms with Crippen LogP contribution in [-0.4, -0.2) is 30.9 Å². The summed E-state index contributed by atoms with van der Waals surface area (Å²) >= 11 is 0. The lowest BCUT2D eigenvalue weighted by molar-refractivity contribution is -0.133. The van der Waals surface area contributed by atoms with E-state index in [4.69, 9.17) is 16.9 Å². The number of hydrogen-bond acceptors (Lipinski definition) is 4. The molecule has 3 rings (SSSR count). The molecule has 2 atom stereocenters. The monoisotopic (exact) mass is 361 g/mol. The fourth-order valence-corrected chi connectivity index (χ4v) is 3.46. The Balaban J connectivity index is 2.11. The highest BCUT2D eigenvalue weighted by molar-refractivity contribution is 6.00. The highest BCUT2D eigenvalue weighted by atomic mass is 16.5. The van der Waals surface area contributed by atoms with Crippen LogP contribution in [0.4, 0.5) is 0 Å². The molecule has 0 radical (unpaired) electrons. The number of nitrogens with two attached hydrogens (primary N) is 1. The zero-order chi connectivity index (χ0) is 19.6. The zero-order valence-corrected chi connectivity index (χ0v) is 15.8. The summed E-state index contributed by atoms with van der Waals surface area (Å²) in [4.78, 5) is 18.8. The minimum absolute atomic E-state index is 0.116. The molecule has 0 aliphatic carbocycles. The summed E-state index contributed by atoms with van der Waals surface area (Å²) < 4.78 is 5.32. The van der Waals surface area contributed by atoms with Gasteiger partial charge in [-0.1, -0.05) is 30.3 Å². The second-order valence-electron chi connectivity index (χ2n) is 6.79. The van der Waals surface area contributed by atoms with E-state index in [1.54, 1.807) is 14.2 Å². The first-order valence-electron chi connectivity index (χ1n) is 8.72. The fourth-order valence-electron chi connectivity index (χ4n) is 3.46. The second-order valence-corrected chi connectivity index (χ2v) is 6.79. The number of guanidine groups is 1. The van der Waals surface area contributed by atoms with Crippen LogP contribution in [0.2, 0.25) is 0 Å². The van der Waals surface area contributed by atoms with E-state index in [2.05, 4.69) is 10.9 Å². The number of nitrogens with zero attached hydrogens (tertiary/aromatic N) is 2. The molecule has 27 heavy (non-hydrogen) atoms. The summed E-state index contributed by atoms with van der Waals surface area (Å²) in [5.74, 6) is 3.01. The molecule has 0 saturated carbocycles. The minimum Gasteiger partial charge on any atom is -0.497 e. The molecule has 0 spiro atoms.